The van der Waals surface area contributed by atoms with Gasteiger partial charge in [-0.15, -0.1) is 0 Å². The number of hydrogen-bond donors (Lipinski definition) is 2. The van der Waals surface area contributed by atoms with Gasteiger partial charge in [0.2, 0.25) is 0 Å². The average Bonchev–Trinajstić information content (AvgIpc) is 2.64. The van der Waals surface area contributed by atoms with Gasteiger partial charge in [-0.05, 0) is 43.7 Å². The number of amides is 2. The Balaban J connectivity index is 1.75. The molecule has 0 aromatic heterocycles. The van der Waals surface area contributed by atoms with Gasteiger partial charge in [-0.1, -0.05) is 12.1 Å². The van der Waals surface area contributed by atoms with Crippen molar-refractivity contribution in [2.24, 2.45) is 0 Å². The van der Waals surface area contributed by atoms with Crippen molar-refractivity contribution in [2.75, 3.05) is 6.61 Å². The van der Waals surface area contributed by atoms with E-state index in [-0.39, 0.29) is 18.0 Å². The summed E-state index contributed by atoms with van der Waals surface area (Å²) in [5.41, 5.74) is 5.37. The van der Waals surface area contributed by atoms with Gasteiger partial charge >= 0.3 is 0 Å². The Hall–Kier alpha value is -3.62. The van der Waals surface area contributed by atoms with E-state index in [2.05, 4.69) is 10.9 Å². The molecule has 0 heterocycles. The molecular formula is C18H19N3O6. The van der Waals surface area contributed by atoms with Crippen LogP contribution in [0.2, 0.25) is 0 Å². The summed E-state index contributed by atoms with van der Waals surface area (Å²) in [6, 6.07) is 12.5. The second-order valence-electron chi connectivity index (χ2n) is 5.65. The summed E-state index contributed by atoms with van der Waals surface area (Å²) in [4.78, 5) is 33.7. The first kappa shape index (κ1) is 19.7. The number of carbonyl (C=O) groups is 2. The quantitative estimate of drug-likeness (QED) is 0.565. The molecule has 0 bridgehead atoms. The Morgan fingerprint density at radius 2 is 1.81 bits per heavy atom. The van der Waals surface area contributed by atoms with Crippen LogP contribution in [0.4, 0.5) is 5.69 Å². The second-order valence-corrected chi connectivity index (χ2v) is 5.65. The summed E-state index contributed by atoms with van der Waals surface area (Å²) in [6.07, 6.45) is -0.926. The Morgan fingerprint density at radius 1 is 1.11 bits per heavy atom. The smallest absolute Gasteiger partial charge is 0.279 e. The van der Waals surface area contributed by atoms with Crippen LogP contribution in [-0.4, -0.2) is 29.4 Å². The molecule has 142 valence electrons. The van der Waals surface area contributed by atoms with Gasteiger partial charge in [-0.2, -0.15) is 0 Å². The van der Waals surface area contributed by atoms with Crippen LogP contribution in [0.25, 0.3) is 0 Å². The fourth-order valence-electron chi connectivity index (χ4n) is 2.03. The summed E-state index contributed by atoms with van der Waals surface area (Å²) in [5.74, 6) is -0.284. The minimum absolute atomic E-state index is 0.0830. The normalized spacial score (nSPS) is 11.2. The zero-order valence-electron chi connectivity index (χ0n) is 14.8. The molecule has 2 aromatic carbocycles. The van der Waals surface area contributed by atoms with Crippen LogP contribution in [0.15, 0.2) is 48.5 Å². The SMILES string of the molecule is Cc1cccc(OCC(=O)NNC(=O)C(C)Oc2ccc([N+](=O)[O-])cc2)c1. The molecule has 0 saturated heterocycles. The molecule has 9 nitrogen and oxygen atoms in total. The first-order valence-corrected chi connectivity index (χ1v) is 8.04. The van der Waals surface area contributed by atoms with Crippen molar-refractivity contribution in [2.45, 2.75) is 20.0 Å². The summed E-state index contributed by atoms with van der Waals surface area (Å²) in [7, 11) is 0. The largest absolute Gasteiger partial charge is 0.484 e. The van der Waals surface area contributed by atoms with Crippen LogP contribution in [0, 0.1) is 17.0 Å². The Kier molecular flexibility index (Phi) is 6.70. The lowest BCUT2D eigenvalue weighted by Crippen LogP contribution is -2.48. The summed E-state index contributed by atoms with van der Waals surface area (Å²) in [6.45, 7) is 3.12. The average molecular weight is 373 g/mol. The van der Waals surface area contributed by atoms with E-state index < -0.39 is 22.8 Å². The van der Waals surface area contributed by atoms with Gasteiger partial charge in [0.15, 0.2) is 12.7 Å². The molecule has 0 fully saturated rings. The molecule has 2 rings (SSSR count). The van der Waals surface area contributed by atoms with Gasteiger partial charge in [0.05, 0.1) is 4.92 Å². The Labute approximate surface area is 155 Å². The number of hydrazine groups is 1. The monoisotopic (exact) mass is 373 g/mol. The van der Waals surface area contributed by atoms with Gasteiger partial charge in [0, 0.05) is 12.1 Å². The van der Waals surface area contributed by atoms with Gasteiger partial charge in [0.1, 0.15) is 11.5 Å². The summed E-state index contributed by atoms with van der Waals surface area (Å²) in [5, 5.41) is 10.6. The molecule has 1 unspecified atom stereocenters. The number of benzene rings is 2. The fourth-order valence-corrected chi connectivity index (χ4v) is 2.03. The van der Waals surface area contributed by atoms with Crippen molar-refractivity contribution in [1.29, 1.82) is 0 Å². The molecule has 2 amide bonds. The molecule has 1 atom stereocenters. The molecule has 2 aromatic rings. The first-order chi connectivity index (χ1) is 12.8. The fraction of sp³-hybridized carbons (Fsp3) is 0.222. The highest BCUT2D eigenvalue weighted by Gasteiger charge is 2.16. The molecule has 0 aliphatic carbocycles. The summed E-state index contributed by atoms with van der Waals surface area (Å²) < 4.78 is 10.7. The highest BCUT2D eigenvalue weighted by atomic mass is 16.6. The standard InChI is InChI=1S/C18H19N3O6/c1-12-4-3-5-16(10-12)26-11-17(22)19-20-18(23)13(2)27-15-8-6-14(7-9-15)21(24)25/h3-10,13H,11H2,1-2H3,(H,19,22)(H,20,23). The van der Waals surface area contributed by atoms with E-state index >= 15 is 0 Å². The van der Waals surface area contributed by atoms with Crippen molar-refractivity contribution in [3.05, 3.63) is 64.2 Å². The minimum atomic E-state index is -0.926. The second kappa shape index (κ2) is 9.18. The van der Waals surface area contributed by atoms with E-state index in [1.807, 2.05) is 19.1 Å². The van der Waals surface area contributed by atoms with Crippen LogP contribution in [0.5, 0.6) is 11.5 Å². The van der Waals surface area contributed by atoms with E-state index in [9.17, 15) is 19.7 Å². The number of non-ortho nitro benzene ring substituents is 1. The van der Waals surface area contributed by atoms with Crippen LogP contribution < -0.4 is 20.3 Å². The molecule has 0 spiro atoms. The number of rotatable bonds is 7. The van der Waals surface area contributed by atoms with Crippen molar-refractivity contribution in [3.63, 3.8) is 0 Å². The zero-order chi connectivity index (χ0) is 19.8. The van der Waals surface area contributed by atoms with E-state index in [4.69, 9.17) is 9.47 Å². The highest BCUT2D eigenvalue weighted by Crippen LogP contribution is 2.18. The van der Waals surface area contributed by atoms with E-state index in [0.717, 1.165) is 5.56 Å². The van der Waals surface area contributed by atoms with Crippen LogP contribution >= 0.6 is 0 Å². The van der Waals surface area contributed by atoms with Gasteiger partial charge in [-0.3, -0.25) is 30.6 Å². The highest BCUT2D eigenvalue weighted by molar-refractivity contribution is 5.85. The molecule has 0 aliphatic heterocycles. The number of aryl methyl sites for hydroxylation is 1. The third-order valence-electron chi connectivity index (χ3n) is 3.41. The number of carbonyl (C=O) groups excluding carboxylic acids is 2. The molecule has 0 radical (unpaired) electrons. The maximum atomic E-state index is 11.9. The topological polar surface area (TPSA) is 120 Å². The lowest BCUT2D eigenvalue weighted by atomic mass is 10.2. The number of ether oxygens (including phenoxy) is 2. The number of nitro groups is 1. The lowest BCUT2D eigenvalue weighted by Gasteiger charge is -2.15. The Morgan fingerprint density at radius 3 is 2.44 bits per heavy atom. The van der Waals surface area contributed by atoms with Crippen molar-refractivity contribution >= 4 is 17.5 Å². The van der Waals surface area contributed by atoms with E-state index in [1.54, 1.807) is 12.1 Å². The van der Waals surface area contributed by atoms with Crippen LogP contribution in [-0.2, 0) is 9.59 Å². The number of nitro benzene ring substituents is 1. The van der Waals surface area contributed by atoms with Gasteiger partial charge < -0.3 is 9.47 Å². The number of hydrogen-bond acceptors (Lipinski definition) is 6. The van der Waals surface area contributed by atoms with Crippen molar-refractivity contribution < 1.29 is 24.0 Å². The Bertz CT molecular complexity index is 822. The van der Waals surface area contributed by atoms with Crippen LogP contribution in [0.3, 0.4) is 0 Å². The van der Waals surface area contributed by atoms with E-state index in [0.29, 0.717) is 5.75 Å². The predicted molar refractivity (Wildman–Crippen MR) is 96.1 cm³/mol. The summed E-state index contributed by atoms with van der Waals surface area (Å²) >= 11 is 0. The van der Waals surface area contributed by atoms with Gasteiger partial charge in [-0.25, -0.2) is 0 Å². The van der Waals surface area contributed by atoms with Gasteiger partial charge in [0.25, 0.3) is 17.5 Å². The molecule has 27 heavy (non-hydrogen) atoms. The van der Waals surface area contributed by atoms with Crippen molar-refractivity contribution in [3.8, 4) is 11.5 Å². The maximum absolute atomic E-state index is 11.9. The molecule has 0 aliphatic rings. The predicted octanol–water partition coefficient (Wildman–Crippen LogP) is 1.90. The number of nitrogens with zero attached hydrogens (tertiary/aromatic N) is 1. The first-order valence-electron chi connectivity index (χ1n) is 8.04. The third kappa shape index (κ3) is 6.31. The van der Waals surface area contributed by atoms with E-state index in [1.165, 1.54) is 31.2 Å². The van der Waals surface area contributed by atoms with Crippen molar-refractivity contribution in [1.82, 2.24) is 10.9 Å². The lowest BCUT2D eigenvalue weighted by molar-refractivity contribution is -0.384. The minimum Gasteiger partial charge on any atom is -0.484 e. The molecular weight excluding hydrogens is 354 g/mol. The third-order valence-corrected chi connectivity index (χ3v) is 3.41. The molecule has 9 heteroatoms. The van der Waals surface area contributed by atoms with Crippen LogP contribution in [0.1, 0.15) is 12.5 Å². The molecule has 2 N–H and O–H groups in total. The number of nitrogens with one attached hydrogen (secondary N) is 2. The maximum Gasteiger partial charge on any atom is 0.279 e. The molecule has 0 saturated carbocycles. The zero-order valence-corrected chi connectivity index (χ0v) is 14.8.